The summed E-state index contributed by atoms with van der Waals surface area (Å²) in [6.45, 7) is 1.90. The predicted molar refractivity (Wildman–Crippen MR) is 76.0 cm³/mol. The van der Waals surface area contributed by atoms with Gasteiger partial charge in [-0.15, -0.1) is 0 Å². The van der Waals surface area contributed by atoms with Crippen LogP contribution in [-0.2, 0) is 9.53 Å². The third-order valence-corrected chi connectivity index (χ3v) is 3.12. The topological polar surface area (TPSA) is 92.4 Å². The Hall–Kier alpha value is -2.70. The first-order valence-corrected chi connectivity index (χ1v) is 6.42. The number of likely N-dealkylation sites (N-methyl/N-ethyl adjacent to an activating group) is 1. The van der Waals surface area contributed by atoms with Gasteiger partial charge in [0, 0.05) is 11.9 Å². The number of hydrogen-bond donors (Lipinski definition) is 1. The van der Waals surface area contributed by atoms with Gasteiger partial charge in [0.25, 0.3) is 11.5 Å². The number of esters is 1. The third kappa shape index (κ3) is 2.91. The van der Waals surface area contributed by atoms with Crippen molar-refractivity contribution in [3.8, 4) is 0 Å². The van der Waals surface area contributed by atoms with Crippen molar-refractivity contribution in [3.05, 3.63) is 40.3 Å². The largest absolute Gasteiger partial charge is 0.468 e. The van der Waals surface area contributed by atoms with E-state index in [0.29, 0.717) is 17.3 Å². The van der Waals surface area contributed by atoms with E-state index >= 15 is 0 Å². The Kier molecular flexibility index (Phi) is 4.32. The van der Waals surface area contributed by atoms with Crippen molar-refractivity contribution in [2.75, 3.05) is 20.2 Å². The minimum absolute atomic E-state index is 0.107. The van der Waals surface area contributed by atoms with E-state index < -0.39 is 11.9 Å². The SMILES string of the molecule is CCN(CC(=O)OC)C(=O)c1n[nH]c(=O)c2ccccc12. The van der Waals surface area contributed by atoms with Gasteiger partial charge in [0.2, 0.25) is 0 Å². The van der Waals surface area contributed by atoms with Gasteiger partial charge in [0.1, 0.15) is 6.54 Å². The Balaban J connectivity index is 2.46. The summed E-state index contributed by atoms with van der Waals surface area (Å²) in [4.78, 5) is 36.8. The highest BCUT2D eigenvalue weighted by Gasteiger charge is 2.21. The Morgan fingerprint density at radius 2 is 1.95 bits per heavy atom. The number of hydrogen-bond acceptors (Lipinski definition) is 5. The van der Waals surface area contributed by atoms with E-state index in [1.165, 1.54) is 12.0 Å². The molecule has 1 aromatic carbocycles. The van der Waals surface area contributed by atoms with Crippen LogP contribution in [0.15, 0.2) is 29.1 Å². The summed E-state index contributed by atoms with van der Waals surface area (Å²) < 4.78 is 4.56. The molecule has 0 atom stereocenters. The number of ether oxygens (including phenoxy) is 1. The lowest BCUT2D eigenvalue weighted by Crippen LogP contribution is -2.37. The number of amides is 1. The molecule has 2 aromatic rings. The molecule has 0 fully saturated rings. The van der Waals surface area contributed by atoms with Gasteiger partial charge in [-0.05, 0) is 13.0 Å². The van der Waals surface area contributed by atoms with Gasteiger partial charge < -0.3 is 9.64 Å². The molecule has 1 amide bonds. The van der Waals surface area contributed by atoms with Gasteiger partial charge in [-0.2, -0.15) is 5.10 Å². The van der Waals surface area contributed by atoms with Crippen LogP contribution in [0.4, 0.5) is 0 Å². The first kappa shape index (κ1) is 14.7. The van der Waals surface area contributed by atoms with Gasteiger partial charge in [0.05, 0.1) is 12.5 Å². The second-order valence-electron chi connectivity index (χ2n) is 4.34. The number of benzene rings is 1. The number of nitrogens with one attached hydrogen (secondary N) is 1. The molecule has 0 bridgehead atoms. The molecule has 1 aromatic heterocycles. The van der Waals surface area contributed by atoms with Crippen LogP contribution in [0.2, 0.25) is 0 Å². The first-order chi connectivity index (χ1) is 10.1. The molecule has 0 unspecified atom stereocenters. The molecule has 0 aliphatic heterocycles. The lowest BCUT2D eigenvalue weighted by Gasteiger charge is -2.19. The quantitative estimate of drug-likeness (QED) is 0.830. The molecule has 1 N–H and O–H groups in total. The van der Waals surface area contributed by atoms with Crippen molar-refractivity contribution in [1.82, 2.24) is 15.1 Å². The lowest BCUT2D eigenvalue weighted by atomic mass is 10.1. The zero-order valence-corrected chi connectivity index (χ0v) is 11.8. The molecule has 0 saturated carbocycles. The smallest absolute Gasteiger partial charge is 0.325 e. The van der Waals surface area contributed by atoms with Gasteiger partial charge in [0.15, 0.2) is 5.69 Å². The number of methoxy groups -OCH3 is 1. The Bertz CT molecular complexity index is 738. The minimum Gasteiger partial charge on any atom is -0.468 e. The summed E-state index contributed by atoms with van der Waals surface area (Å²) in [5.41, 5.74) is -0.255. The zero-order chi connectivity index (χ0) is 15.4. The van der Waals surface area contributed by atoms with E-state index in [1.54, 1.807) is 31.2 Å². The van der Waals surface area contributed by atoms with Gasteiger partial charge in [-0.25, -0.2) is 5.10 Å². The summed E-state index contributed by atoms with van der Waals surface area (Å²) in [7, 11) is 1.26. The van der Waals surface area contributed by atoms with Crippen LogP contribution in [0.3, 0.4) is 0 Å². The highest BCUT2D eigenvalue weighted by Crippen LogP contribution is 2.14. The molecular weight excluding hydrogens is 274 g/mol. The van der Waals surface area contributed by atoms with E-state index in [2.05, 4.69) is 14.9 Å². The normalized spacial score (nSPS) is 10.4. The van der Waals surface area contributed by atoms with Crippen LogP contribution in [0.1, 0.15) is 17.4 Å². The van der Waals surface area contributed by atoms with Crippen LogP contribution >= 0.6 is 0 Å². The summed E-state index contributed by atoms with van der Waals surface area (Å²) in [6, 6.07) is 6.69. The van der Waals surface area contributed by atoms with Gasteiger partial charge in [-0.1, -0.05) is 18.2 Å². The van der Waals surface area contributed by atoms with Gasteiger partial charge in [-0.3, -0.25) is 14.4 Å². The van der Waals surface area contributed by atoms with E-state index in [0.717, 1.165) is 0 Å². The van der Waals surface area contributed by atoms with Crippen molar-refractivity contribution >= 4 is 22.6 Å². The van der Waals surface area contributed by atoms with E-state index in [4.69, 9.17) is 0 Å². The van der Waals surface area contributed by atoms with E-state index in [9.17, 15) is 14.4 Å². The number of H-pyrrole nitrogens is 1. The fraction of sp³-hybridized carbons (Fsp3) is 0.286. The molecule has 0 aliphatic carbocycles. The predicted octanol–water partition coefficient (Wildman–Crippen LogP) is 0.558. The molecule has 0 radical (unpaired) electrons. The molecule has 110 valence electrons. The maximum absolute atomic E-state index is 12.5. The van der Waals surface area contributed by atoms with Crippen LogP contribution < -0.4 is 5.56 Å². The molecule has 2 rings (SSSR count). The van der Waals surface area contributed by atoms with Crippen molar-refractivity contribution < 1.29 is 14.3 Å². The second-order valence-corrected chi connectivity index (χ2v) is 4.34. The van der Waals surface area contributed by atoms with Crippen molar-refractivity contribution in [3.63, 3.8) is 0 Å². The highest BCUT2D eigenvalue weighted by molar-refractivity contribution is 6.05. The number of carbonyl (C=O) groups excluding carboxylic acids is 2. The molecule has 7 heteroatoms. The monoisotopic (exact) mass is 289 g/mol. The molecule has 7 nitrogen and oxygen atoms in total. The zero-order valence-electron chi connectivity index (χ0n) is 11.8. The Morgan fingerprint density at radius 1 is 1.29 bits per heavy atom. The maximum atomic E-state index is 12.5. The molecular formula is C14H15N3O4. The van der Waals surface area contributed by atoms with Crippen LogP contribution in [-0.4, -0.2) is 47.2 Å². The van der Waals surface area contributed by atoms with Crippen molar-refractivity contribution in [2.45, 2.75) is 6.92 Å². The average molecular weight is 289 g/mol. The number of aromatic amines is 1. The molecule has 1 heterocycles. The average Bonchev–Trinajstić information content (AvgIpc) is 2.52. The van der Waals surface area contributed by atoms with Crippen LogP contribution in [0.25, 0.3) is 10.8 Å². The molecule has 0 spiro atoms. The standard InChI is InChI=1S/C14H15N3O4/c1-3-17(8-11(18)21-2)14(20)12-9-6-4-5-7-10(9)13(19)16-15-12/h4-7H,3,8H2,1-2H3,(H,16,19). The fourth-order valence-corrected chi connectivity index (χ4v) is 1.98. The number of carbonyl (C=O) groups is 2. The number of fused-ring (bicyclic) bond motifs is 1. The number of rotatable bonds is 4. The minimum atomic E-state index is -0.515. The van der Waals surface area contributed by atoms with Crippen molar-refractivity contribution in [1.29, 1.82) is 0 Å². The maximum Gasteiger partial charge on any atom is 0.325 e. The molecule has 21 heavy (non-hydrogen) atoms. The second kappa shape index (κ2) is 6.17. The number of aromatic nitrogens is 2. The van der Waals surface area contributed by atoms with E-state index in [-0.39, 0.29) is 17.8 Å². The molecule has 0 aliphatic rings. The Morgan fingerprint density at radius 3 is 2.57 bits per heavy atom. The summed E-state index contributed by atoms with van der Waals surface area (Å²) in [5, 5.41) is 6.96. The van der Waals surface area contributed by atoms with E-state index in [1.807, 2.05) is 0 Å². The first-order valence-electron chi connectivity index (χ1n) is 6.42. The van der Waals surface area contributed by atoms with Gasteiger partial charge >= 0.3 is 5.97 Å². The summed E-state index contributed by atoms with van der Waals surface area (Å²) in [5.74, 6) is -0.950. The third-order valence-electron chi connectivity index (χ3n) is 3.12. The summed E-state index contributed by atoms with van der Waals surface area (Å²) in [6.07, 6.45) is 0. The molecule has 0 saturated heterocycles. The van der Waals surface area contributed by atoms with Crippen LogP contribution in [0, 0.1) is 0 Å². The number of nitrogens with zero attached hydrogens (tertiary/aromatic N) is 2. The fourth-order valence-electron chi connectivity index (χ4n) is 1.98. The van der Waals surface area contributed by atoms with Crippen LogP contribution in [0.5, 0.6) is 0 Å². The highest BCUT2D eigenvalue weighted by atomic mass is 16.5. The van der Waals surface area contributed by atoms with Crippen molar-refractivity contribution in [2.24, 2.45) is 0 Å². The Labute approximate surface area is 120 Å². The lowest BCUT2D eigenvalue weighted by molar-refractivity contribution is -0.141. The summed E-state index contributed by atoms with van der Waals surface area (Å²) >= 11 is 0.